The number of amides is 1. The van der Waals surface area contributed by atoms with Gasteiger partial charge in [-0.1, -0.05) is 55.3 Å². The highest BCUT2D eigenvalue weighted by Gasteiger charge is 2.24. The molecule has 0 atom stereocenters. The van der Waals surface area contributed by atoms with Crippen LogP contribution in [0.15, 0.2) is 46.3 Å². The summed E-state index contributed by atoms with van der Waals surface area (Å²) >= 11 is 1.36. The summed E-state index contributed by atoms with van der Waals surface area (Å²) in [5, 5.41) is 3.29. The number of hydrogen-bond donors (Lipinski definition) is 0. The molecule has 0 bridgehead atoms. The normalized spacial score (nSPS) is 15.1. The van der Waals surface area contributed by atoms with Crippen molar-refractivity contribution in [1.29, 1.82) is 0 Å². The van der Waals surface area contributed by atoms with Gasteiger partial charge < -0.3 is 4.90 Å². The van der Waals surface area contributed by atoms with Crippen molar-refractivity contribution < 1.29 is 4.79 Å². The van der Waals surface area contributed by atoms with E-state index in [0.29, 0.717) is 27.9 Å². The smallest absolute Gasteiger partial charge is 0.261 e. The second-order valence-electron chi connectivity index (χ2n) is 7.74. The van der Waals surface area contributed by atoms with Gasteiger partial charge in [-0.3, -0.25) is 14.2 Å². The lowest BCUT2D eigenvalue weighted by Gasteiger charge is -2.33. The summed E-state index contributed by atoms with van der Waals surface area (Å²) in [6, 6.07) is 12.2. The van der Waals surface area contributed by atoms with Crippen LogP contribution >= 0.6 is 11.8 Å². The second-order valence-corrected chi connectivity index (χ2v) is 8.68. The highest BCUT2D eigenvalue weighted by molar-refractivity contribution is 7.99. The first-order valence-electron chi connectivity index (χ1n) is 10.4. The SMILES string of the molecule is CCN(C(=O)CSc1nc2cc3ccccc3cc2c(=O)n1C)C1CCCCC1. The highest BCUT2D eigenvalue weighted by atomic mass is 32.2. The van der Waals surface area contributed by atoms with Crippen LogP contribution in [0.1, 0.15) is 39.0 Å². The Labute approximate surface area is 175 Å². The first-order chi connectivity index (χ1) is 14.1. The fourth-order valence-electron chi connectivity index (χ4n) is 4.31. The number of thioether (sulfide) groups is 1. The maximum absolute atomic E-state index is 12.9. The minimum absolute atomic E-state index is 0.0738. The maximum atomic E-state index is 12.9. The van der Waals surface area contributed by atoms with Crippen molar-refractivity contribution in [2.24, 2.45) is 7.05 Å². The minimum Gasteiger partial charge on any atom is -0.339 e. The van der Waals surface area contributed by atoms with Gasteiger partial charge in [-0.05, 0) is 42.7 Å². The van der Waals surface area contributed by atoms with Crippen molar-refractivity contribution in [3.05, 3.63) is 46.8 Å². The van der Waals surface area contributed by atoms with Gasteiger partial charge in [0.1, 0.15) is 0 Å². The van der Waals surface area contributed by atoms with Crippen LogP contribution in [-0.4, -0.2) is 38.7 Å². The quantitative estimate of drug-likeness (QED) is 0.357. The van der Waals surface area contributed by atoms with Gasteiger partial charge in [0.25, 0.3) is 5.56 Å². The molecule has 1 aliphatic rings. The van der Waals surface area contributed by atoms with Gasteiger partial charge in [0.2, 0.25) is 5.91 Å². The summed E-state index contributed by atoms with van der Waals surface area (Å²) in [5.74, 6) is 0.446. The van der Waals surface area contributed by atoms with Gasteiger partial charge in [-0.25, -0.2) is 4.98 Å². The van der Waals surface area contributed by atoms with E-state index in [2.05, 4.69) is 0 Å². The lowest BCUT2D eigenvalue weighted by atomic mass is 9.94. The molecule has 0 N–H and O–H groups in total. The molecule has 152 valence electrons. The van der Waals surface area contributed by atoms with Crippen molar-refractivity contribution >= 4 is 39.3 Å². The predicted octanol–water partition coefficient (Wildman–Crippen LogP) is 4.36. The fourth-order valence-corrected chi connectivity index (χ4v) is 5.16. The van der Waals surface area contributed by atoms with Crippen LogP contribution in [0, 0.1) is 0 Å². The van der Waals surface area contributed by atoms with Gasteiger partial charge in [0, 0.05) is 19.6 Å². The molecule has 0 aliphatic heterocycles. The molecule has 6 heteroatoms. The third-order valence-corrected chi connectivity index (χ3v) is 6.92. The zero-order valence-corrected chi connectivity index (χ0v) is 17.9. The van der Waals surface area contributed by atoms with Crippen LogP contribution in [0.3, 0.4) is 0 Å². The molecule has 0 spiro atoms. The van der Waals surface area contributed by atoms with Crippen molar-refractivity contribution in [2.75, 3.05) is 12.3 Å². The van der Waals surface area contributed by atoms with Crippen LogP contribution in [0.4, 0.5) is 0 Å². The van der Waals surface area contributed by atoms with E-state index < -0.39 is 0 Å². The van der Waals surface area contributed by atoms with Gasteiger partial charge in [-0.15, -0.1) is 0 Å². The molecule has 0 radical (unpaired) electrons. The molecule has 4 rings (SSSR count). The van der Waals surface area contributed by atoms with E-state index in [1.54, 1.807) is 11.6 Å². The summed E-state index contributed by atoms with van der Waals surface area (Å²) in [4.78, 5) is 32.5. The van der Waals surface area contributed by atoms with Gasteiger partial charge in [0.15, 0.2) is 5.16 Å². The molecule has 0 saturated heterocycles. The molecular formula is C23H27N3O2S. The number of carbonyl (C=O) groups is 1. The highest BCUT2D eigenvalue weighted by Crippen LogP contribution is 2.25. The average Bonchev–Trinajstić information content (AvgIpc) is 2.75. The molecule has 29 heavy (non-hydrogen) atoms. The van der Waals surface area contributed by atoms with Gasteiger partial charge >= 0.3 is 0 Å². The molecule has 0 unspecified atom stereocenters. The zero-order valence-electron chi connectivity index (χ0n) is 17.1. The number of hydrogen-bond acceptors (Lipinski definition) is 4. The van der Waals surface area contributed by atoms with Crippen LogP contribution in [0.5, 0.6) is 0 Å². The van der Waals surface area contributed by atoms with E-state index in [-0.39, 0.29) is 11.5 Å². The minimum atomic E-state index is -0.0738. The molecule has 3 aromatic rings. The fraction of sp³-hybridized carbons (Fsp3) is 0.435. The number of nitrogens with zero attached hydrogens (tertiary/aromatic N) is 3. The molecule has 1 amide bonds. The van der Waals surface area contributed by atoms with Crippen LogP contribution in [0.25, 0.3) is 21.7 Å². The molecule has 1 saturated carbocycles. The van der Waals surface area contributed by atoms with E-state index in [1.165, 1.54) is 31.0 Å². The molecule has 1 fully saturated rings. The Morgan fingerprint density at radius 2 is 1.86 bits per heavy atom. The van der Waals surface area contributed by atoms with E-state index >= 15 is 0 Å². The predicted molar refractivity (Wildman–Crippen MR) is 119 cm³/mol. The lowest BCUT2D eigenvalue weighted by Crippen LogP contribution is -2.42. The zero-order chi connectivity index (χ0) is 20.4. The van der Waals surface area contributed by atoms with Crippen molar-refractivity contribution in [1.82, 2.24) is 14.5 Å². The van der Waals surface area contributed by atoms with Crippen LogP contribution in [0.2, 0.25) is 0 Å². The first-order valence-corrected chi connectivity index (χ1v) is 11.4. The van der Waals surface area contributed by atoms with Crippen LogP contribution in [-0.2, 0) is 11.8 Å². The standard InChI is InChI=1S/C23H27N3O2S/c1-3-26(18-11-5-4-6-12-18)21(27)15-29-23-24-20-14-17-10-8-7-9-16(17)13-19(20)22(28)25(23)2/h7-10,13-14,18H,3-6,11-12,15H2,1-2H3. The number of aromatic nitrogens is 2. The van der Waals surface area contributed by atoms with Crippen LogP contribution < -0.4 is 5.56 Å². The van der Waals surface area contributed by atoms with E-state index in [0.717, 1.165) is 30.2 Å². The Morgan fingerprint density at radius 1 is 1.17 bits per heavy atom. The van der Waals surface area contributed by atoms with Crippen molar-refractivity contribution in [3.8, 4) is 0 Å². The molecule has 5 nitrogen and oxygen atoms in total. The first kappa shape index (κ1) is 20.0. The van der Waals surface area contributed by atoms with Gasteiger partial charge in [0.05, 0.1) is 16.7 Å². The van der Waals surface area contributed by atoms with Crippen molar-refractivity contribution in [3.63, 3.8) is 0 Å². The molecular weight excluding hydrogens is 382 g/mol. The van der Waals surface area contributed by atoms with E-state index in [9.17, 15) is 9.59 Å². The monoisotopic (exact) mass is 409 g/mol. The summed E-state index contributed by atoms with van der Waals surface area (Å²) in [7, 11) is 1.73. The van der Waals surface area contributed by atoms with Gasteiger partial charge in [-0.2, -0.15) is 0 Å². The third-order valence-electron chi connectivity index (χ3n) is 5.90. The topological polar surface area (TPSA) is 55.2 Å². The number of rotatable bonds is 5. The third kappa shape index (κ3) is 4.04. The Morgan fingerprint density at radius 3 is 2.55 bits per heavy atom. The Balaban J connectivity index is 1.58. The largest absolute Gasteiger partial charge is 0.339 e. The molecule has 1 heterocycles. The molecule has 2 aromatic carbocycles. The number of carbonyl (C=O) groups excluding carboxylic acids is 1. The van der Waals surface area contributed by atoms with E-state index in [1.807, 2.05) is 48.2 Å². The summed E-state index contributed by atoms with van der Waals surface area (Å²) in [6.45, 7) is 2.78. The summed E-state index contributed by atoms with van der Waals surface area (Å²) in [5.41, 5.74) is 0.608. The number of benzene rings is 2. The summed E-state index contributed by atoms with van der Waals surface area (Å²) in [6.07, 6.45) is 5.88. The maximum Gasteiger partial charge on any atom is 0.261 e. The average molecular weight is 410 g/mol. The Kier molecular flexibility index (Phi) is 5.90. The lowest BCUT2D eigenvalue weighted by molar-refractivity contribution is -0.131. The number of fused-ring (bicyclic) bond motifs is 2. The molecule has 1 aromatic heterocycles. The Bertz CT molecular complexity index is 1100. The van der Waals surface area contributed by atoms with Crippen molar-refractivity contribution in [2.45, 2.75) is 50.2 Å². The Hall–Kier alpha value is -2.34. The summed E-state index contributed by atoms with van der Waals surface area (Å²) < 4.78 is 1.56. The second kappa shape index (κ2) is 8.57. The molecule has 1 aliphatic carbocycles. The van der Waals surface area contributed by atoms with E-state index in [4.69, 9.17) is 4.98 Å².